The third kappa shape index (κ3) is 6.55. The lowest BCUT2D eigenvalue weighted by atomic mass is 10.1. The van der Waals surface area contributed by atoms with E-state index in [9.17, 15) is 4.79 Å². The highest BCUT2D eigenvalue weighted by atomic mass is 16.5. The zero-order valence-corrected chi connectivity index (χ0v) is 29.2. The summed E-state index contributed by atoms with van der Waals surface area (Å²) in [6, 6.07) is 18.0. The van der Waals surface area contributed by atoms with Gasteiger partial charge in [-0.1, -0.05) is 18.2 Å². The highest BCUT2D eigenvalue weighted by Crippen LogP contribution is 2.43. The largest absolute Gasteiger partial charge is 0.497 e. The summed E-state index contributed by atoms with van der Waals surface area (Å²) >= 11 is 0. The number of anilines is 7. The van der Waals surface area contributed by atoms with Crippen molar-refractivity contribution >= 4 is 46.2 Å². The van der Waals surface area contributed by atoms with Gasteiger partial charge in [0.1, 0.15) is 11.5 Å². The molecule has 2 amide bonds. The van der Waals surface area contributed by atoms with E-state index in [1.807, 2.05) is 50.4 Å². The summed E-state index contributed by atoms with van der Waals surface area (Å²) in [7, 11) is 5.38. The first-order chi connectivity index (χ1) is 23.8. The van der Waals surface area contributed by atoms with Crippen molar-refractivity contribution in [3.05, 3.63) is 77.5 Å². The average molecular weight is 663 g/mol. The van der Waals surface area contributed by atoms with Crippen molar-refractivity contribution in [2.45, 2.75) is 39.7 Å². The molecule has 1 aromatic heterocycles. The van der Waals surface area contributed by atoms with Crippen LogP contribution in [0, 0.1) is 13.8 Å². The number of likely N-dealkylation sites (N-methyl/N-ethyl adjacent to an activating group) is 1. The molecule has 0 bridgehead atoms. The molecule has 4 heterocycles. The van der Waals surface area contributed by atoms with Gasteiger partial charge in [-0.25, -0.2) is 14.7 Å². The number of benzene rings is 3. The number of hydrogen-bond acceptors (Lipinski definition) is 9. The van der Waals surface area contributed by atoms with Gasteiger partial charge in [0.2, 0.25) is 5.95 Å². The smallest absolute Gasteiger partial charge is 0.335 e. The van der Waals surface area contributed by atoms with Gasteiger partial charge in [0, 0.05) is 74.2 Å². The number of hydrogen-bond donors (Lipinski definition) is 1. The van der Waals surface area contributed by atoms with Crippen molar-refractivity contribution in [1.29, 1.82) is 0 Å². The van der Waals surface area contributed by atoms with Crippen LogP contribution in [0.3, 0.4) is 0 Å². The summed E-state index contributed by atoms with van der Waals surface area (Å²) in [5.74, 6) is 2.07. The van der Waals surface area contributed by atoms with Crippen LogP contribution in [0.25, 0.3) is 0 Å². The molecule has 0 unspecified atom stereocenters. The van der Waals surface area contributed by atoms with Gasteiger partial charge in [0.25, 0.3) is 0 Å². The van der Waals surface area contributed by atoms with Gasteiger partial charge in [-0.2, -0.15) is 4.98 Å². The van der Waals surface area contributed by atoms with Crippen LogP contribution in [-0.4, -0.2) is 81.4 Å². The normalized spacial score (nSPS) is 16.9. The highest BCUT2D eigenvalue weighted by Gasteiger charge is 2.37. The Bertz CT molecular complexity index is 1810. The molecule has 3 aliphatic heterocycles. The maximum absolute atomic E-state index is 14.6. The van der Waals surface area contributed by atoms with Gasteiger partial charge in [-0.15, -0.1) is 0 Å². The number of amides is 2. The Morgan fingerprint density at radius 1 is 0.796 bits per heavy atom. The minimum atomic E-state index is -0.220. The number of ether oxygens (including phenoxy) is 2. The Labute approximate surface area is 289 Å². The summed E-state index contributed by atoms with van der Waals surface area (Å²) in [4.78, 5) is 35.2. The summed E-state index contributed by atoms with van der Waals surface area (Å²) in [5.41, 5.74) is 7.63. The van der Waals surface area contributed by atoms with E-state index in [4.69, 9.17) is 19.4 Å². The number of methoxy groups -OCH3 is 2. The van der Waals surface area contributed by atoms with E-state index in [0.29, 0.717) is 35.5 Å². The molecule has 2 saturated heterocycles. The number of carbonyl (C=O) groups excluding carboxylic acids is 1. The monoisotopic (exact) mass is 662 g/mol. The number of piperazine rings is 1. The van der Waals surface area contributed by atoms with Crippen LogP contribution in [0.2, 0.25) is 0 Å². The van der Waals surface area contributed by atoms with Crippen molar-refractivity contribution in [1.82, 2.24) is 14.9 Å². The Balaban J connectivity index is 1.29. The van der Waals surface area contributed by atoms with Gasteiger partial charge in [-0.05, 0) is 81.6 Å². The van der Waals surface area contributed by atoms with E-state index < -0.39 is 0 Å². The summed E-state index contributed by atoms with van der Waals surface area (Å²) in [6.45, 7) is 10.5. The van der Waals surface area contributed by atoms with E-state index in [-0.39, 0.29) is 6.03 Å². The first kappa shape index (κ1) is 32.5. The van der Waals surface area contributed by atoms with E-state index in [1.165, 1.54) is 30.6 Å². The van der Waals surface area contributed by atoms with Crippen molar-refractivity contribution in [2.75, 3.05) is 85.5 Å². The van der Waals surface area contributed by atoms with Crippen LogP contribution < -0.4 is 34.4 Å². The lowest BCUT2D eigenvalue weighted by molar-refractivity contribution is 0.252. The number of fused-ring (bicyclic) bond motifs is 1. The first-order valence-electron chi connectivity index (χ1n) is 17.2. The molecule has 0 atom stereocenters. The Hall–Kier alpha value is -5.03. The third-order valence-corrected chi connectivity index (χ3v) is 9.89. The van der Waals surface area contributed by atoms with Crippen molar-refractivity contribution in [3.63, 3.8) is 0 Å². The average Bonchev–Trinajstić information content (AvgIpc) is 3.12. The number of piperidine rings is 1. The maximum Gasteiger partial charge on any atom is 0.335 e. The molecule has 11 heteroatoms. The third-order valence-electron chi connectivity index (χ3n) is 9.89. The Morgan fingerprint density at radius 2 is 1.49 bits per heavy atom. The molecule has 1 N–H and O–H groups in total. The van der Waals surface area contributed by atoms with Crippen LogP contribution in [0.15, 0.2) is 60.8 Å². The number of aryl methyl sites for hydroxylation is 2. The van der Waals surface area contributed by atoms with E-state index in [0.717, 1.165) is 67.3 Å². The second kappa shape index (κ2) is 13.8. The fourth-order valence-electron chi connectivity index (χ4n) is 7.18. The topological polar surface area (TPSA) is 89.5 Å². The number of nitrogens with zero attached hydrogens (tertiary/aromatic N) is 7. The molecule has 4 aromatic rings. The van der Waals surface area contributed by atoms with Crippen molar-refractivity contribution < 1.29 is 14.3 Å². The Morgan fingerprint density at radius 3 is 2.16 bits per heavy atom. The lowest BCUT2D eigenvalue weighted by Gasteiger charge is -2.37. The number of carbonyl (C=O) groups is 1. The Kier molecular flexibility index (Phi) is 9.18. The molecule has 3 aliphatic rings. The predicted octanol–water partition coefficient (Wildman–Crippen LogP) is 6.87. The molecule has 11 nitrogen and oxygen atoms in total. The molecule has 3 aromatic carbocycles. The molecule has 0 radical (unpaired) electrons. The molecule has 0 aliphatic carbocycles. The summed E-state index contributed by atoms with van der Waals surface area (Å²) in [6.07, 6.45) is 5.51. The van der Waals surface area contributed by atoms with Gasteiger partial charge in [0.15, 0.2) is 5.82 Å². The van der Waals surface area contributed by atoms with Gasteiger partial charge >= 0.3 is 6.03 Å². The molecule has 2 fully saturated rings. The number of para-hydroxylation sites is 1. The van der Waals surface area contributed by atoms with E-state index >= 15 is 0 Å². The van der Waals surface area contributed by atoms with Crippen LogP contribution in [0.5, 0.6) is 11.5 Å². The number of rotatable bonds is 8. The fraction of sp³-hybridized carbons (Fsp3) is 0.395. The second-order valence-corrected chi connectivity index (χ2v) is 13.2. The lowest BCUT2D eigenvalue weighted by Crippen LogP contribution is -2.46. The number of aromatic nitrogens is 2. The fourth-order valence-corrected chi connectivity index (χ4v) is 7.18. The van der Waals surface area contributed by atoms with E-state index in [2.05, 4.69) is 45.3 Å². The second-order valence-electron chi connectivity index (χ2n) is 13.2. The van der Waals surface area contributed by atoms with Gasteiger partial charge < -0.3 is 29.5 Å². The van der Waals surface area contributed by atoms with Crippen LogP contribution in [0.1, 0.15) is 36.0 Å². The van der Waals surface area contributed by atoms with Crippen LogP contribution >= 0.6 is 0 Å². The molecule has 7 rings (SSSR count). The SMILES string of the molecule is COc1ccc(N2C(=O)N(c3c(C)cccc3C)Cc3cnc(Nc4cc(N5CCCCC5)cc(N5CCN(C)CC5)c4)nc32)c(OC)c1. The van der Waals surface area contributed by atoms with Crippen molar-refractivity contribution in [2.24, 2.45) is 0 Å². The standard InChI is InChI=1S/C38H46N8O3/c1-26-10-9-11-27(2)35(26)45-25-28-24-39-37(41-36(28)46(38(45)47)33-13-12-32(48-4)23-34(33)49-5)40-29-20-30(43-14-7-6-8-15-43)22-31(21-29)44-18-16-42(3)17-19-44/h9-13,20-24H,6-8,14-19,25H2,1-5H3,(H,39,40,41). The molecule has 0 spiro atoms. The summed E-state index contributed by atoms with van der Waals surface area (Å²) in [5, 5.41) is 3.53. The highest BCUT2D eigenvalue weighted by molar-refractivity contribution is 6.11. The first-order valence-corrected chi connectivity index (χ1v) is 17.2. The molecular weight excluding hydrogens is 616 g/mol. The van der Waals surface area contributed by atoms with E-state index in [1.54, 1.807) is 30.1 Å². The van der Waals surface area contributed by atoms with Gasteiger partial charge in [0.05, 0.1) is 32.1 Å². The molecule has 256 valence electrons. The minimum Gasteiger partial charge on any atom is -0.497 e. The van der Waals surface area contributed by atoms with Gasteiger partial charge in [-0.3, -0.25) is 4.90 Å². The van der Waals surface area contributed by atoms with Crippen molar-refractivity contribution in [3.8, 4) is 11.5 Å². The zero-order valence-electron chi connectivity index (χ0n) is 29.2. The maximum atomic E-state index is 14.6. The van der Waals surface area contributed by atoms with Crippen LogP contribution in [-0.2, 0) is 6.54 Å². The quantitative estimate of drug-likeness (QED) is 0.217. The molecule has 49 heavy (non-hydrogen) atoms. The predicted molar refractivity (Wildman–Crippen MR) is 197 cm³/mol. The van der Waals surface area contributed by atoms with Crippen LogP contribution in [0.4, 0.5) is 45.0 Å². The zero-order chi connectivity index (χ0) is 34.1. The minimum absolute atomic E-state index is 0.220. The summed E-state index contributed by atoms with van der Waals surface area (Å²) < 4.78 is 11.3. The number of nitrogens with one attached hydrogen (secondary N) is 1. The molecular formula is C38H46N8O3. The molecule has 0 saturated carbocycles. The number of urea groups is 1.